The fraction of sp³-hybridized carbons (Fsp3) is 0.579. The molecule has 1 aliphatic heterocycles. The van der Waals surface area contributed by atoms with Gasteiger partial charge in [-0.3, -0.25) is 4.79 Å². The first-order chi connectivity index (χ1) is 12.2. The zero-order chi connectivity index (χ0) is 19.5. The number of nitrogens with one attached hydrogen (secondary N) is 2. The lowest BCUT2D eigenvalue weighted by atomic mass is 9.92. The molecule has 0 aliphatic carbocycles. The van der Waals surface area contributed by atoms with Crippen LogP contribution in [0.3, 0.4) is 0 Å². The molecule has 2 rings (SSSR count). The molecule has 0 aromatic heterocycles. The van der Waals surface area contributed by atoms with E-state index in [0.29, 0.717) is 23.9 Å². The van der Waals surface area contributed by atoms with Gasteiger partial charge in [-0.15, -0.1) is 0 Å². The fourth-order valence-corrected chi connectivity index (χ4v) is 3.37. The second-order valence-electron chi connectivity index (χ2n) is 7.68. The SMILES string of the molecule is COc1ccc(Cl)cc1C[NH+](C)CN1C(=O)N[C@@](C)(CCC(C)C)C1=O. The number of benzene rings is 1. The Morgan fingerprint density at radius 2 is 2.04 bits per heavy atom. The van der Waals surface area contributed by atoms with Crippen molar-refractivity contribution < 1.29 is 19.2 Å². The molecule has 0 radical (unpaired) electrons. The molecule has 1 aliphatic rings. The van der Waals surface area contributed by atoms with Gasteiger partial charge in [0.2, 0.25) is 0 Å². The molecule has 1 unspecified atom stereocenters. The van der Waals surface area contributed by atoms with Crippen LogP contribution in [0.5, 0.6) is 5.75 Å². The van der Waals surface area contributed by atoms with Crippen molar-refractivity contribution in [2.24, 2.45) is 5.92 Å². The number of nitrogens with zero attached hydrogens (tertiary/aromatic N) is 1. The van der Waals surface area contributed by atoms with Crippen LogP contribution in [0.1, 0.15) is 39.2 Å². The van der Waals surface area contributed by atoms with Crippen LogP contribution in [-0.2, 0) is 11.3 Å². The maximum Gasteiger partial charge on any atom is 0.329 e. The summed E-state index contributed by atoms with van der Waals surface area (Å²) >= 11 is 6.08. The van der Waals surface area contributed by atoms with Crippen LogP contribution < -0.4 is 15.0 Å². The number of carbonyl (C=O) groups excluding carboxylic acids is 2. The van der Waals surface area contributed by atoms with Crippen LogP contribution in [0.2, 0.25) is 5.02 Å². The smallest absolute Gasteiger partial charge is 0.329 e. The second-order valence-corrected chi connectivity index (χ2v) is 8.11. The van der Waals surface area contributed by atoms with Gasteiger partial charge in [-0.1, -0.05) is 25.4 Å². The second kappa shape index (κ2) is 8.27. The Labute approximate surface area is 160 Å². The summed E-state index contributed by atoms with van der Waals surface area (Å²) in [5.41, 5.74) is 0.127. The summed E-state index contributed by atoms with van der Waals surface area (Å²) in [7, 11) is 3.55. The summed E-state index contributed by atoms with van der Waals surface area (Å²) in [6.45, 7) is 6.91. The average Bonchev–Trinajstić information content (AvgIpc) is 2.77. The number of rotatable bonds is 8. The standard InChI is InChI=1S/C19H28ClN3O3/c1-13(2)8-9-19(3)17(24)23(18(25)21-19)12-22(4)11-14-10-15(20)6-7-16(14)26-5/h6-7,10,13H,8-9,11-12H2,1-5H3,(H,21,25)/p+1/t19-/m0/s1. The number of halogens is 1. The zero-order valence-electron chi connectivity index (χ0n) is 16.2. The third-order valence-corrected chi connectivity index (χ3v) is 4.96. The van der Waals surface area contributed by atoms with Crippen LogP contribution in [0.4, 0.5) is 4.79 Å². The lowest BCUT2D eigenvalue weighted by Gasteiger charge is -2.24. The Balaban J connectivity index is 2.05. The number of methoxy groups -OCH3 is 1. The van der Waals surface area contributed by atoms with Gasteiger partial charge < -0.3 is 15.0 Å². The normalized spacial score (nSPS) is 21.3. The van der Waals surface area contributed by atoms with E-state index in [1.807, 2.05) is 26.1 Å². The summed E-state index contributed by atoms with van der Waals surface area (Å²) < 4.78 is 5.37. The minimum absolute atomic E-state index is 0.152. The first-order valence-electron chi connectivity index (χ1n) is 8.94. The third kappa shape index (κ3) is 4.68. The average molecular weight is 383 g/mol. The van der Waals surface area contributed by atoms with Gasteiger partial charge >= 0.3 is 6.03 Å². The predicted octanol–water partition coefficient (Wildman–Crippen LogP) is 2.07. The van der Waals surface area contributed by atoms with Crippen molar-refractivity contribution in [3.05, 3.63) is 28.8 Å². The molecule has 0 saturated carbocycles. The van der Waals surface area contributed by atoms with Crippen LogP contribution in [0, 0.1) is 5.92 Å². The molecule has 3 amide bonds. The molecule has 6 nitrogen and oxygen atoms in total. The first-order valence-corrected chi connectivity index (χ1v) is 9.32. The van der Waals surface area contributed by atoms with E-state index in [1.165, 1.54) is 4.90 Å². The summed E-state index contributed by atoms with van der Waals surface area (Å²) in [6.07, 6.45) is 1.53. The first kappa shape index (κ1) is 20.5. The molecule has 0 spiro atoms. The number of hydrogen-bond donors (Lipinski definition) is 2. The number of quaternary nitrogens is 1. The highest BCUT2D eigenvalue weighted by Gasteiger charge is 2.48. The van der Waals surface area contributed by atoms with Gasteiger partial charge in [0, 0.05) is 10.6 Å². The predicted molar refractivity (Wildman–Crippen MR) is 101 cm³/mol. The minimum atomic E-state index is -0.810. The van der Waals surface area contributed by atoms with Gasteiger partial charge in [0.25, 0.3) is 5.91 Å². The van der Waals surface area contributed by atoms with Gasteiger partial charge in [-0.25, -0.2) is 9.69 Å². The Morgan fingerprint density at radius 3 is 2.65 bits per heavy atom. The molecule has 0 bridgehead atoms. The van der Waals surface area contributed by atoms with Gasteiger partial charge in [-0.2, -0.15) is 0 Å². The number of amides is 3. The van der Waals surface area contributed by atoms with E-state index in [1.54, 1.807) is 13.2 Å². The van der Waals surface area contributed by atoms with Crippen LogP contribution in [0.15, 0.2) is 18.2 Å². The Kier molecular flexibility index (Phi) is 6.53. The van der Waals surface area contributed by atoms with Crippen LogP contribution in [-0.4, -0.2) is 43.2 Å². The maximum atomic E-state index is 12.8. The van der Waals surface area contributed by atoms with Gasteiger partial charge in [0.15, 0.2) is 6.67 Å². The largest absolute Gasteiger partial charge is 0.496 e. The van der Waals surface area contributed by atoms with Crippen LogP contribution >= 0.6 is 11.6 Å². The molecule has 1 aromatic carbocycles. The van der Waals surface area contributed by atoms with E-state index in [4.69, 9.17) is 16.3 Å². The molecular weight excluding hydrogens is 354 g/mol. The summed E-state index contributed by atoms with van der Waals surface area (Å²) in [6, 6.07) is 5.12. The van der Waals surface area contributed by atoms with Crippen molar-refractivity contribution in [3.63, 3.8) is 0 Å². The summed E-state index contributed by atoms with van der Waals surface area (Å²) in [4.78, 5) is 27.4. The molecule has 1 fully saturated rings. The zero-order valence-corrected chi connectivity index (χ0v) is 16.9. The van der Waals surface area contributed by atoms with Crippen molar-refractivity contribution in [1.82, 2.24) is 10.2 Å². The van der Waals surface area contributed by atoms with Crippen molar-refractivity contribution >= 4 is 23.5 Å². The third-order valence-electron chi connectivity index (χ3n) is 4.73. The van der Waals surface area contributed by atoms with E-state index in [2.05, 4.69) is 19.2 Å². The number of urea groups is 1. The number of hydrogen-bond acceptors (Lipinski definition) is 3. The summed E-state index contributed by atoms with van der Waals surface area (Å²) in [5.74, 6) is 1.07. The van der Waals surface area contributed by atoms with Gasteiger partial charge in [0.1, 0.15) is 17.8 Å². The monoisotopic (exact) mass is 382 g/mol. The van der Waals surface area contributed by atoms with E-state index in [-0.39, 0.29) is 18.6 Å². The van der Waals surface area contributed by atoms with Crippen molar-refractivity contribution in [3.8, 4) is 5.75 Å². The fourth-order valence-electron chi connectivity index (χ4n) is 3.17. The Bertz CT molecular complexity index is 680. The molecule has 7 heteroatoms. The molecule has 1 saturated heterocycles. The molecule has 144 valence electrons. The minimum Gasteiger partial charge on any atom is -0.496 e. The van der Waals surface area contributed by atoms with Crippen molar-refractivity contribution in [2.45, 2.75) is 45.7 Å². The Hall–Kier alpha value is -1.79. The maximum absolute atomic E-state index is 12.8. The highest BCUT2D eigenvalue weighted by atomic mass is 35.5. The van der Waals surface area contributed by atoms with E-state index in [9.17, 15) is 9.59 Å². The topological polar surface area (TPSA) is 63.1 Å². The van der Waals surface area contributed by atoms with Crippen molar-refractivity contribution in [2.75, 3.05) is 20.8 Å². The van der Waals surface area contributed by atoms with E-state index >= 15 is 0 Å². The van der Waals surface area contributed by atoms with Gasteiger partial charge in [0.05, 0.1) is 14.2 Å². The molecule has 2 atom stereocenters. The quantitative estimate of drug-likeness (QED) is 0.676. The van der Waals surface area contributed by atoms with Gasteiger partial charge in [-0.05, 0) is 43.9 Å². The lowest BCUT2D eigenvalue weighted by Crippen LogP contribution is -3.09. The summed E-state index contributed by atoms with van der Waals surface area (Å²) in [5, 5.41) is 3.49. The van der Waals surface area contributed by atoms with E-state index < -0.39 is 5.54 Å². The number of ether oxygens (including phenoxy) is 1. The Morgan fingerprint density at radius 1 is 1.35 bits per heavy atom. The number of imide groups is 1. The molecule has 1 aromatic rings. The van der Waals surface area contributed by atoms with Crippen molar-refractivity contribution in [1.29, 1.82) is 0 Å². The highest BCUT2D eigenvalue weighted by molar-refractivity contribution is 6.30. The number of carbonyl (C=O) groups is 2. The van der Waals surface area contributed by atoms with E-state index in [0.717, 1.165) is 22.6 Å². The molecular formula is C19H29ClN3O3+. The molecule has 26 heavy (non-hydrogen) atoms. The lowest BCUT2D eigenvalue weighted by molar-refractivity contribution is -0.901. The molecule has 1 heterocycles. The molecule has 2 N–H and O–H groups in total. The van der Waals surface area contributed by atoms with Crippen LogP contribution in [0.25, 0.3) is 0 Å². The highest BCUT2D eigenvalue weighted by Crippen LogP contribution is 2.24.